The quantitative estimate of drug-likeness (QED) is 0.432. The molecule has 0 bridgehead atoms. The van der Waals surface area contributed by atoms with Gasteiger partial charge in [-0.2, -0.15) is 0 Å². The molecular formula is C13H16N4O2S. The molecule has 0 saturated heterocycles. The molecular weight excluding hydrogens is 276 g/mol. The zero-order valence-corrected chi connectivity index (χ0v) is 11.9. The summed E-state index contributed by atoms with van der Waals surface area (Å²) in [5, 5.41) is 14.0. The van der Waals surface area contributed by atoms with Gasteiger partial charge < -0.3 is 10.7 Å². The molecule has 106 valence electrons. The van der Waals surface area contributed by atoms with Crippen molar-refractivity contribution in [3.8, 4) is 0 Å². The standard InChI is InChI=1S/C13H16N4O2S/c1-2-12-3-4-13(20-12)8-15-9-5-10(16-14)7-11(6-9)17(18)19/h3-7,15-16H,2,8,14H2,1H3. The first-order valence-corrected chi connectivity index (χ1v) is 7.01. The Hall–Kier alpha value is -2.12. The summed E-state index contributed by atoms with van der Waals surface area (Å²) in [7, 11) is 0. The summed E-state index contributed by atoms with van der Waals surface area (Å²) in [6.07, 6.45) is 1.02. The van der Waals surface area contributed by atoms with Crippen molar-refractivity contribution >= 4 is 28.4 Å². The second-order valence-electron chi connectivity index (χ2n) is 4.25. The molecule has 6 nitrogen and oxygen atoms in total. The molecule has 7 heteroatoms. The molecule has 2 rings (SSSR count). The number of nitro groups is 1. The van der Waals surface area contributed by atoms with Gasteiger partial charge in [-0.25, -0.2) is 0 Å². The van der Waals surface area contributed by atoms with Gasteiger partial charge >= 0.3 is 0 Å². The number of anilines is 2. The van der Waals surface area contributed by atoms with Gasteiger partial charge in [-0.3, -0.25) is 16.0 Å². The van der Waals surface area contributed by atoms with Crippen LogP contribution in [0.4, 0.5) is 17.1 Å². The molecule has 1 aromatic carbocycles. The Bertz CT molecular complexity index is 612. The van der Waals surface area contributed by atoms with E-state index in [0.717, 1.165) is 6.42 Å². The normalized spacial score (nSPS) is 10.3. The van der Waals surface area contributed by atoms with Crippen LogP contribution in [-0.4, -0.2) is 4.92 Å². The van der Waals surface area contributed by atoms with E-state index in [-0.39, 0.29) is 5.69 Å². The number of nitrogens with zero attached hydrogens (tertiary/aromatic N) is 1. The number of nitrogens with two attached hydrogens (primary N) is 1. The van der Waals surface area contributed by atoms with Gasteiger partial charge in [0.05, 0.1) is 10.6 Å². The Morgan fingerprint density at radius 3 is 2.55 bits per heavy atom. The van der Waals surface area contributed by atoms with Crippen LogP contribution >= 0.6 is 11.3 Å². The molecule has 2 aromatic rings. The second-order valence-corrected chi connectivity index (χ2v) is 5.50. The molecule has 20 heavy (non-hydrogen) atoms. The molecule has 0 saturated carbocycles. The summed E-state index contributed by atoms with van der Waals surface area (Å²) in [5.74, 6) is 5.32. The third kappa shape index (κ3) is 3.46. The fourth-order valence-electron chi connectivity index (χ4n) is 1.80. The van der Waals surface area contributed by atoms with Crippen molar-refractivity contribution in [2.45, 2.75) is 19.9 Å². The molecule has 0 aliphatic heterocycles. The molecule has 0 atom stereocenters. The predicted octanol–water partition coefficient (Wildman–Crippen LogP) is 3.12. The van der Waals surface area contributed by atoms with Crippen LogP contribution in [-0.2, 0) is 13.0 Å². The van der Waals surface area contributed by atoms with Crippen LogP contribution in [0.2, 0.25) is 0 Å². The second kappa shape index (κ2) is 6.36. The maximum Gasteiger partial charge on any atom is 0.273 e. The highest BCUT2D eigenvalue weighted by molar-refractivity contribution is 7.12. The summed E-state index contributed by atoms with van der Waals surface area (Å²) in [4.78, 5) is 12.9. The van der Waals surface area contributed by atoms with E-state index in [9.17, 15) is 10.1 Å². The molecule has 1 heterocycles. The van der Waals surface area contributed by atoms with E-state index in [1.54, 1.807) is 17.4 Å². The van der Waals surface area contributed by atoms with Gasteiger partial charge in [-0.1, -0.05) is 6.92 Å². The lowest BCUT2D eigenvalue weighted by molar-refractivity contribution is -0.384. The van der Waals surface area contributed by atoms with Crippen LogP contribution < -0.4 is 16.6 Å². The zero-order valence-electron chi connectivity index (χ0n) is 11.1. The summed E-state index contributed by atoms with van der Waals surface area (Å²) >= 11 is 1.74. The first-order valence-electron chi connectivity index (χ1n) is 6.20. The minimum absolute atomic E-state index is 0.00313. The van der Waals surface area contributed by atoms with Crippen molar-refractivity contribution in [2.75, 3.05) is 10.7 Å². The van der Waals surface area contributed by atoms with Gasteiger partial charge in [0.25, 0.3) is 5.69 Å². The number of aryl methyl sites for hydroxylation is 1. The van der Waals surface area contributed by atoms with Crippen LogP contribution in [0.15, 0.2) is 30.3 Å². The van der Waals surface area contributed by atoms with Crippen molar-refractivity contribution in [3.63, 3.8) is 0 Å². The lowest BCUT2D eigenvalue weighted by atomic mass is 10.2. The highest BCUT2D eigenvalue weighted by atomic mass is 32.1. The topological polar surface area (TPSA) is 93.2 Å². The van der Waals surface area contributed by atoms with Gasteiger partial charge in [0.15, 0.2) is 0 Å². The maximum atomic E-state index is 10.8. The predicted molar refractivity (Wildman–Crippen MR) is 81.9 cm³/mol. The van der Waals surface area contributed by atoms with Crippen molar-refractivity contribution in [3.05, 3.63) is 50.2 Å². The van der Waals surface area contributed by atoms with Gasteiger partial charge in [0.1, 0.15) is 0 Å². The highest BCUT2D eigenvalue weighted by Gasteiger charge is 2.09. The van der Waals surface area contributed by atoms with Gasteiger partial charge in [0.2, 0.25) is 0 Å². The molecule has 4 N–H and O–H groups in total. The van der Waals surface area contributed by atoms with E-state index in [1.807, 2.05) is 0 Å². The van der Waals surface area contributed by atoms with Crippen LogP contribution in [0, 0.1) is 10.1 Å². The van der Waals surface area contributed by atoms with Crippen LogP contribution in [0.25, 0.3) is 0 Å². The molecule has 0 fully saturated rings. The third-order valence-electron chi connectivity index (χ3n) is 2.83. The van der Waals surface area contributed by atoms with E-state index < -0.39 is 4.92 Å². The first-order chi connectivity index (χ1) is 9.62. The third-order valence-corrected chi connectivity index (χ3v) is 4.06. The van der Waals surface area contributed by atoms with Crippen molar-refractivity contribution < 1.29 is 4.92 Å². The molecule has 0 amide bonds. The Kier molecular flexibility index (Phi) is 4.54. The lowest BCUT2D eigenvalue weighted by Crippen LogP contribution is -2.08. The minimum atomic E-state index is -0.438. The van der Waals surface area contributed by atoms with Crippen molar-refractivity contribution in [2.24, 2.45) is 5.84 Å². The lowest BCUT2D eigenvalue weighted by Gasteiger charge is -2.07. The Morgan fingerprint density at radius 2 is 1.95 bits per heavy atom. The maximum absolute atomic E-state index is 10.8. The zero-order chi connectivity index (χ0) is 14.5. The Balaban J connectivity index is 2.12. The number of hydrazine groups is 1. The fraction of sp³-hybridized carbons (Fsp3) is 0.231. The first kappa shape index (κ1) is 14.3. The molecule has 0 radical (unpaired) electrons. The van der Waals surface area contributed by atoms with E-state index >= 15 is 0 Å². The molecule has 0 unspecified atom stereocenters. The van der Waals surface area contributed by atoms with E-state index in [1.165, 1.54) is 21.9 Å². The number of rotatable bonds is 6. The number of nitrogen functional groups attached to an aromatic ring is 1. The number of nitro benzene ring substituents is 1. The summed E-state index contributed by atoms with van der Waals surface area (Å²) in [6.45, 7) is 2.75. The number of nitrogens with one attached hydrogen (secondary N) is 2. The van der Waals surface area contributed by atoms with Crippen molar-refractivity contribution in [1.82, 2.24) is 0 Å². The fourth-order valence-corrected chi connectivity index (χ4v) is 2.70. The van der Waals surface area contributed by atoms with Crippen molar-refractivity contribution in [1.29, 1.82) is 0 Å². The number of non-ortho nitro benzene ring substituents is 1. The van der Waals surface area contributed by atoms with Crippen LogP contribution in [0.1, 0.15) is 16.7 Å². The average Bonchev–Trinajstić information content (AvgIpc) is 2.92. The van der Waals surface area contributed by atoms with Gasteiger partial charge in [-0.05, 0) is 24.6 Å². The summed E-state index contributed by atoms with van der Waals surface area (Å²) in [5.41, 5.74) is 3.60. The number of hydrogen-bond acceptors (Lipinski definition) is 6. The number of benzene rings is 1. The van der Waals surface area contributed by atoms with Crippen LogP contribution in [0.5, 0.6) is 0 Å². The van der Waals surface area contributed by atoms with Gasteiger partial charge in [-0.15, -0.1) is 11.3 Å². The number of thiophene rings is 1. The average molecular weight is 292 g/mol. The van der Waals surface area contributed by atoms with E-state index in [0.29, 0.717) is 17.9 Å². The SMILES string of the molecule is CCc1ccc(CNc2cc(NN)cc([N+](=O)[O-])c2)s1. The van der Waals surface area contributed by atoms with E-state index in [4.69, 9.17) is 5.84 Å². The Labute approximate surface area is 120 Å². The molecule has 1 aromatic heterocycles. The molecule has 0 aliphatic carbocycles. The smallest absolute Gasteiger partial charge is 0.273 e. The summed E-state index contributed by atoms with van der Waals surface area (Å²) < 4.78 is 0. The largest absolute Gasteiger partial charge is 0.380 e. The van der Waals surface area contributed by atoms with E-state index in [2.05, 4.69) is 29.8 Å². The monoisotopic (exact) mass is 292 g/mol. The number of hydrogen-bond donors (Lipinski definition) is 3. The Morgan fingerprint density at radius 1 is 1.25 bits per heavy atom. The molecule has 0 aliphatic rings. The molecule has 0 spiro atoms. The van der Waals surface area contributed by atoms with Crippen LogP contribution in [0.3, 0.4) is 0 Å². The minimum Gasteiger partial charge on any atom is -0.380 e. The highest BCUT2D eigenvalue weighted by Crippen LogP contribution is 2.25. The summed E-state index contributed by atoms with van der Waals surface area (Å²) in [6, 6.07) is 8.79. The van der Waals surface area contributed by atoms with Gasteiger partial charge in [0, 0.05) is 34.1 Å².